The summed E-state index contributed by atoms with van der Waals surface area (Å²) in [7, 11) is 4.96. The lowest BCUT2D eigenvalue weighted by molar-refractivity contribution is 0.323. The number of thioether (sulfide) groups is 1. The van der Waals surface area contributed by atoms with Crippen molar-refractivity contribution in [2.45, 2.75) is 23.8 Å². The van der Waals surface area contributed by atoms with Crippen LogP contribution in [0.1, 0.15) is 18.4 Å². The molecule has 1 aromatic carbocycles. The summed E-state index contributed by atoms with van der Waals surface area (Å²) in [5, 5.41) is 4.12. The van der Waals surface area contributed by atoms with Gasteiger partial charge < -0.3 is 19.5 Å². The maximum atomic E-state index is 5.52. The number of piperidine rings is 1. The molecule has 1 heterocycles. The Labute approximate surface area is 125 Å². The lowest BCUT2D eigenvalue weighted by Gasteiger charge is -2.23. The Bertz CT molecular complexity index is 433. The number of hydrogen-bond acceptors (Lipinski definition) is 5. The average molecular weight is 297 g/mol. The molecular weight excluding hydrogens is 274 g/mol. The third-order valence-corrected chi connectivity index (χ3v) is 4.97. The van der Waals surface area contributed by atoms with Crippen molar-refractivity contribution in [3.63, 3.8) is 0 Å². The first-order valence-corrected chi connectivity index (χ1v) is 7.95. The molecular formula is C15H23NO3S. The second-order valence-electron chi connectivity index (χ2n) is 4.75. The van der Waals surface area contributed by atoms with Crippen molar-refractivity contribution in [1.82, 2.24) is 5.32 Å². The molecule has 1 N–H and O–H groups in total. The molecule has 0 radical (unpaired) electrons. The smallest absolute Gasteiger partial charge is 0.203 e. The molecule has 2 rings (SSSR count). The van der Waals surface area contributed by atoms with E-state index in [2.05, 4.69) is 11.4 Å². The summed E-state index contributed by atoms with van der Waals surface area (Å²) in [6, 6.07) is 4.01. The monoisotopic (exact) mass is 297 g/mol. The van der Waals surface area contributed by atoms with Crippen LogP contribution in [0.25, 0.3) is 0 Å². The first-order chi connectivity index (χ1) is 9.80. The lowest BCUT2D eigenvalue weighted by Crippen LogP contribution is -2.29. The van der Waals surface area contributed by atoms with Crippen LogP contribution in [0.3, 0.4) is 0 Å². The number of methoxy groups -OCH3 is 3. The van der Waals surface area contributed by atoms with Gasteiger partial charge in [0.2, 0.25) is 5.75 Å². The third-order valence-electron chi connectivity index (χ3n) is 3.55. The molecule has 4 nitrogen and oxygen atoms in total. The van der Waals surface area contributed by atoms with E-state index in [-0.39, 0.29) is 0 Å². The summed E-state index contributed by atoms with van der Waals surface area (Å²) < 4.78 is 16.2. The van der Waals surface area contributed by atoms with E-state index in [9.17, 15) is 0 Å². The van der Waals surface area contributed by atoms with Gasteiger partial charge in [-0.15, -0.1) is 0 Å². The molecule has 1 aliphatic heterocycles. The first-order valence-electron chi connectivity index (χ1n) is 6.90. The van der Waals surface area contributed by atoms with Crippen LogP contribution in [-0.2, 0) is 5.75 Å². The molecule has 0 atom stereocenters. The predicted molar refractivity (Wildman–Crippen MR) is 83.3 cm³/mol. The van der Waals surface area contributed by atoms with E-state index in [0.717, 1.165) is 35.4 Å². The second kappa shape index (κ2) is 7.64. The minimum absolute atomic E-state index is 0.679. The molecule has 1 aliphatic rings. The summed E-state index contributed by atoms with van der Waals surface area (Å²) >= 11 is 2.00. The summed E-state index contributed by atoms with van der Waals surface area (Å²) in [5.74, 6) is 3.11. The zero-order valence-electron chi connectivity index (χ0n) is 12.4. The van der Waals surface area contributed by atoms with Crippen LogP contribution in [0.4, 0.5) is 0 Å². The fourth-order valence-electron chi connectivity index (χ4n) is 2.45. The highest BCUT2D eigenvalue weighted by molar-refractivity contribution is 7.99. The van der Waals surface area contributed by atoms with Crippen LogP contribution >= 0.6 is 11.8 Å². The summed E-state index contributed by atoms with van der Waals surface area (Å²) in [4.78, 5) is 0. The predicted octanol–water partition coefficient (Wildman–Crippen LogP) is 2.70. The molecule has 20 heavy (non-hydrogen) atoms. The van der Waals surface area contributed by atoms with Crippen molar-refractivity contribution in [1.29, 1.82) is 0 Å². The topological polar surface area (TPSA) is 39.7 Å². The summed E-state index contributed by atoms with van der Waals surface area (Å²) in [6.45, 7) is 2.25. The van der Waals surface area contributed by atoms with Gasteiger partial charge >= 0.3 is 0 Å². The highest BCUT2D eigenvalue weighted by Crippen LogP contribution is 2.41. The first kappa shape index (κ1) is 15.3. The van der Waals surface area contributed by atoms with E-state index in [1.54, 1.807) is 21.3 Å². The van der Waals surface area contributed by atoms with Gasteiger partial charge in [-0.2, -0.15) is 11.8 Å². The standard InChI is InChI=1S/C15H23NO3S/c1-17-13-5-4-11(14(18-2)15(13)19-3)10-20-12-6-8-16-9-7-12/h4-5,12,16H,6-10H2,1-3H3. The molecule has 1 fully saturated rings. The van der Waals surface area contributed by atoms with Crippen molar-refractivity contribution in [3.8, 4) is 17.2 Å². The molecule has 1 saturated heterocycles. The van der Waals surface area contributed by atoms with Crippen molar-refractivity contribution in [3.05, 3.63) is 17.7 Å². The van der Waals surface area contributed by atoms with E-state index in [4.69, 9.17) is 14.2 Å². The molecule has 0 aliphatic carbocycles. The molecule has 0 spiro atoms. The second-order valence-corrected chi connectivity index (χ2v) is 6.04. The third kappa shape index (κ3) is 3.52. The van der Waals surface area contributed by atoms with Crippen LogP contribution in [-0.4, -0.2) is 39.7 Å². The average Bonchev–Trinajstić information content (AvgIpc) is 2.52. The van der Waals surface area contributed by atoms with Crippen LogP contribution in [0.5, 0.6) is 17.2 Å². The molecule has 0 amide bonds. The van der Waals surface area contributed by atoms with Gasteiger partial charge in [0.15, 0.2) is 11.5 Å². The van der Waals surface area contributed by atoms with Gasteiger partial charge in [0.1, 0.15) is 0 Å². The van der Waals surface area contributed by atoms with Gasteiger partial charge in [-0.05, 0) is 32.0 Å². The number of hydrogen-bond donors (Lipinski definition) is 1. The van der Waals surface area contributed by atoms with Crippen molar-refractivity contribution >= 4 is 11.8 Å². The Morgan fingerprint density at radius 1 is 1.05 bits per heavy atom. The molecule has 0 saturated carbocycles. The Hall–Kier alpha value is -1.07. The number of benzene rings is 1. The van der Waals surface area contributed by atoms with Gasteiger partial charge in [-0.25, -0.2) is 0 Å². The lowest BCUT2D eigenvalue weighted by atomic mass is 10.2. The molecule has 0 aromatic heterocycles. The highest BCUT2D eigenvalue weighted by Gasteiger charge is 2.18. The van der Waals surface area contributed by atoms with Crippen LogP contribution in [0.15, 0.2) is 12.1 Å². The molecule has 1 aromatic rings. The maximum absolute atomic E-state index is 5.52. The quantitative estimate of drug-likeness (QED) is 0.874. The van der Waals surface area contributed by atoms with E-state index in [0.29, 0.717) is 11.5 Å². The largest absolute Gasteiger partial charge is 0.493 e. The zero-order valence-corrected chi connectivity index (χ0v) is 13.2. The fourth-order valence-corrected chi connectivity index (χ4v) is 3.66. The van der Waals surface area contributed by atoms with Crippen molar-refractivity contribution in [2.75, 3.05) is 34.4 Å². The van der Waals surface area contributed by atoms with E-state index < -0.39 is 0 Å². The van der Waals surface area contributed by atoms with Gasteiger partial charge in [-0.1, -0.05) is 6.07 Å². The van der Waals surface area contributed by atoms with Crippen LogP contribution < -0.4 is 19.5 Å². The van der Waals surface area contributed by atoms with Gasteiger partial charge in [0.05, 0.1) is 21.3 Å². The Kier molecular flexibility index (Phi) is 5.86. The van der Waals surface area contributed by atoms with E-state index in [1.165, 1.54) is 12.8 Å². The van der Waals surface area contributed by atoms with Crippen molar-refractivity contribution in [2.24, 2.45) is 0 Å². The maximum Gasteiger partial charge on any atom is 0.203 e. The van der Waals surface area contributed by atoms with Gasteiger partial charge in [-0.3, -0.25) is 0 Å². The summed E-state index contributed by atoms with van der Waals surface area (Å²) in [5.41, 5.74) is 1.16. The minimum Gasteiger partial charge on any atom is -0.493 e. The van der Waals surface area contributed by atoms with Crippen LogP contribution in [0.2, 0.25) is 0 Å². The van der Waals surface area contributed by atoms with Crippen molar-refractivity contribution < 1.29 is 14.2 Å². The Morgan fingerprint density at radius 3 is 2.35 bits per heavy atom. The van der Waals surface area contributed by atoms with Gasteiger partial charge in [0.25, 0.3) is 0 Å². The Morgan fingerprint density at radius 2 is 1.75 bits per heavy atom. The number of nitrogens with one attached hydrogen (secondary N) is 1. The molecule has 112 valence electrons. The SMILES string of the molecule is COc1ccc(CSC2CCNCC2)c(OC)c1OC. The van der Waals surface area contributed by atoms with E-state index in [1.807, 2.05) is 17.8 Å². The van der Waals surface area contributed by atoms with Crippen LogP contribution in [0, 0.1) is 0 Å². The highest BCUT2D eigenvalue weighted by atomic mass is 32.2. The fraction of sp³-hybridized carbons (Fsp3) is 0.600. The van der Waals surface area contributed by atoms with E-state index >= 15 is 0 Å². The normalized spacial score (nSPS) is 15.9. The number of rotatable bonds is 6. The Balaban J connectivity index is 2.10. The zero-order chi connectivity index (χ0) is 14.4. The number of ether oxygens (including phenoxy) is 3. The van der Waals surface area contributed by atoms with Gasteiger partial charge in [0, 0.05) is 16.6 Å². The summed E-state index contributed by atoms with van der Waals surface area (Å²) in [6.07, 6.45) is 2.47. The molecule has 0 bridgehead atoms. The molecule has 0 unspecified atom stereocenters. The molecule has 5 heteroatoms. The minimum atomic E-state index is 0.679.